The van der Waals surface area contributed by atoms with Crippen LogP contribution in [-0.2, 0) is 21.3 Å². The van der Waals surface area contributed by atoms with Gasteiger partial charge in [-0.3, -0.25) is 4.79 Å². The maximum absolute atomic E-state index is 13.1. The number of methoxy groups -OCH3 is 1. The van der Waals surface area contributed by atoms with Crippen LogP contribution in [0.2, 0.25) is 0 Å². The summed E-state index contributed by atoms with van der Waals surface area (Å²) in [4.78, 5) is 18.2. The molecule has 0 spiro atoms. The van der Waals surface area contributed by atoms with Gasteiger partial charge in [0.05, 0.1) is 21.7 Å². The fourth-order valence-corrected chi connectivity index (χ4v) is 7.29. The minimum Gasteiger partial charge on any atom is -0.383 e. The van der Waals surface area contributed by atoms with Crippen LogP contribution in [0, 0.1) is 13.8 Å². The maximum atomic E-state index is 13.1. The number of thiazole rings is 1. The van der Waals surface area contributed by atoms with Crippen molar-refractivity contribution in [2.45, 2.75) is 57.5 Å². The second kappa shape index (κ2) is 10.1. The third-order valence-corrected chi connectivity index (χ3v) is 9.54. The number of ether oxygens (including phenoxy) is 1. The molecule has 4 rings (SSSR count). The predicted octanol–water partition coefficient (Wildman–Crippen LogP) is 4.27. The van der Waals surface area contributed by atoms with Crippen LogP contribution in [-0.4, -0.2) is 49.5 Å². The smallest absolute Gasteiger partial charge is 0.279 e. The number of nitrogens with zero attached hydrogens (tertiary/aromatic N) is 3. The summed E-state index contributed by atoms with van der Waals surface area (Å²) in [6, 6.07) is 10.3. The zero-order chi connectivity index (χ0) is 24.5. The molecule has 0 saturated carbocycles. The molecular formula is C25H31N3O4S2. The van der Waals surface area contributed by atoms with Crippen molar-refractivity contribution >= 4 is 37.5 Å². The lowest BCUT2D eigenvalue weighted by Crippen LogP contribution is -2.41. The molecule has 1 amide bonds. The van der Waals surface area contributed by atoms with E-state index < -0.39 is 15.9 Å². The molecule has 1 aromatic heterocycles. The quantitative estimate of drug-likeness (QED) is 0.505. The maximum Gasteiger partial charge on any atom is 0.279 e. The van der Waals surface area contributed by atoms with Gasteiger partial charge in [-0.1, -0.05) is 23.8 Å². The Labute approximate surface area is 204 Å². The zero-order valence-corrected chi connectivity index (χ0v) is 21.7. The van der Waals surface area contributed by atoms with Crippen molar-refractivity contribution in [3.8, 4) is 0 Å². The van der Waals surface area contributed by atoms with E-state index in [2.05, 4.69) is 24.0 Å². The van der Waals surface area contributed by atoms with Gasteiger partial charge in [0.15, 0.2) is 4.80 Å². The van der Waals surface area contributed by atoms with Crippen molar-refractivity contribution in [3.05, 3.63) is 57.9 Å². The van der Waals surface area contributed by atoms with Gasteiger partial charge in [0.1, 0.15) is 0 Å². The first-order valence-corrected chi connectivity index (χ1v) is 13.8. The van der Waals surface area contributed by atoms with Gasteiger partial charge >= 0.3 is 0 Å². The average Bonchev–Trinajstić information content (AvgIpc) is 3.15. The van der Waals surface area contributed by atoms with E-state index in [0.29, 0.717) is 30.1 Å². The first-order valence-electron chi connectivity index (χ1n) is 11.5. The summed E-state index contributed by atoms with van der Waals surface area (Å²) >= 11 is 1.48. The standard InChI is InChI=1S/C25H31N3O4S2/c1-17-15-18(2)23-22(16-17)27(13-14-32-4)25(33-23)26-24(29)20-8-10-21(11-9-20)34(30,31)28-12-6-5-7-19(28)3/h8-11,15-16,19H,5-7,12-14H2,1-4H3. The van der Waals surface area contributed by atoms with E-state index in [9.17, 15) is 13.2 Å². The number of amides is 1. The van der Waals surface area contributed by atoms with E-state index in [1.165, 1.54) is 23.5 Å². The summed E-state index contributed by atoms with van der Waals surface area (Å²) in [7, 11) is -1.93. The Morgan fingerprint density at radius 1 is 1.18 bits per heavy atom. The van der Waals surface area contributed by atoms with Gasteiger partial charge in [-0.15, -0.1) is 0 Å². The lowest BCUT2D eigenvalue weighted by Gasteiger charge is -2.32. The average molecular weight is 502 g/mol. The molecule has 1 saturated heterocycles. The van der Waals surface area contributed by atoms with Gasteiger partial charge in [0, 0.05) is 31.8 Å². The van der Waals surface area contributed by atoms with Crippen molar-refractivity contribution in [3.63, 3.8) is 0 Å². The van der Waals surface area contributed by atoms with Crippen LogP contribution < -0.4 is 4.80 Å². The van der Waals surface area contributed by atoms with E-state index in [1.807, 2.05) is 18.4 Å². The van der Waals surface area contributed by atoms with Gasteiger partial charge in [0.2, 0.25) is 10.0 Å². The van der Waals surface area contributed by atoms with Gasteiger partial charge in [-0.2, -0.15) is 9.30 Å². The molecule has 7 nitrogen and oxygen atoms in total. The summed E-state index contributed by atoms with van der Waals surface area (Å²) in [6.07, 6.45) is 2.78. The minimum atomic E-state index is -3.58. The lowest BCUT2D eigenvalue weighted by atomic mass is 10.1. The van der Waals surface area contributed by atoms with Gasteiger partial charge < -0.3 is 9.30 Å². The minimum absolute atomic E-state index is 0.0161. The van der Waals surface area contributed by atoms with Crippen molar-refractivity contribution in [1.29, 1.82) is 0 Å². The molecule has 1 aliphatic heterocycles. The molecule has 1 aliphatic rings. The highest BCUT2D eigenvalue weighted by Gasteiger charge is 2.30. The van der Waals surface area contributed by atoms with Gasteiger partial charge in [-0.05, 0) is 75.1 Å². The van der Waals surface area contributed by atoms with Crippen LogP contribution in [0.15, 0.2) is 46.3 Å². The Morgan fingerprint density at radius 3 is 2.59 bits per heavy atom. The lowest BCUT2D eigenvalue weighted by molar-refractivity contribution is 0.0997. The molecule has 3 aromatic rings. The van der Waals surface area contributed by atoms with Crippen molar-refractivity contribution in [2.75, 3.05) is 20.3 Å². The molecule has 0 N–H and O–H groups in total. The third kappa shape index (κ3) is 4.88. The Morgan fingerprint density at radius 2 is 1.91 bits per heavy atom. The van der Waals surface area contributed by atoms with E-state index in [4.69, 9.17) is 4.74 Å². The number of rotatable bonds is 6. The highest BCUT2D eigenvalue weighted by molar-refractivity contribution is 7.89. The van der Waals surface area contributed by atoms with Crippen molar-refractivity contribution in [1.82, 2.24) is 8.87 Å². The van der Waals surface area contributed by atoms with Crippen molar-refractivity contribution in [2.24, 2.45) is 4.99 Å². The number of aromatic nitrogens is 1. The van der Waals surface area contributed by atoms with E-state index >= 15 is 0 Å². The Balaban J connectivity index is 1.67. The van der Waals surface area contributed by atoms with E-state index in [0.717, 1.165) is 40.6 Å². The van der Waals surface area contributed by atoms with Crippen LogP contribution in [0.4, 0.5) is 0 Å². The number of benzene rings is 2. The monoisotopic (exact) mass is 501 g/mol. The summed E-state index contributed by atoms with van der Waals surface area (Å²) in [5.41, 5.74) is 3.67. The molecule has 1 fully saturated rings. The van der Waals surface area contributed by atoms with Crippen LogP contribution in [0.5, 0.6) is 0 Å². The number of hydrogen-bond donors (Lipinski definition) is 0. The summed E-state index contributed by atoms with van der Waals surface area (Å²) in [5, 5.41) is 0. The topological polar surface area (TPSA) is 81.0 Å². The van der Waals surface area contributed by atoms with Gasteiger partial charge in [0.25, 0.3) is 5.91 Å². The largest absolute Gasteiger partial charge is 0.383 e. The second-order valence-electron chi connectivity index (χ2n) is 8.86. The number of piperidine rings is 1. The van der Waals surface area contributed by atoms with Crippen LogP contribution in [0.25, 0.3) is 10.2 Å². The molecule has 2 heterocycles. The summed E-state index contributed by atoms with van der Waals surface area (Å²) in [5.74, 6) is -0.401. The fraction of sp³-hybridized carbons (Fsp3) is 0.440. The number of sulfonamides is 1. The molecule has 34 heavy (non-hydrogen) atoms. The van der Waals surface area contributed by atoms with E-state index in [-0.39, 0.29) is 10.9 Å². The Bertz CT molecular complexity index is 1370. The normalized spacial score (nSPS) is 18.0. The first-order chi connectivity index (χ1) is 16.2. The number of aryl methyl sites for hydroxylation is 2. The second-order valence-corrected chi connectivity index (χ2v) is 11.7. The third-order valence-electron chi connectivity index (χ3n) is 6.28. The van der Waals surface area contributed by atoms with E-state index in [1.54, 1.807) is 23.5 Å². The highest BCUT2D eigenvalue weighted by atomic mass is 32.2. The molecule has 0 radical (unpaired) electrons. The summed E-state index contributed by atoms with van der Waals surface area (Å²) in [6.45, 7) is 7.66. The first kappa shape index (κ1) is 24.8. The molecular weight excluding hydrogens is 470 g/mol. The molecule has 1 atom stereocenters. The van der Waals surface area contributed by atoms with Gasteiger partial charge in [-0.25, -0.2) is 8.42 Å². The Hall–Kier alpha value is -2.33. The number of carbonyl (C=O) groups excluding carboxylic acids is 1. The van der Waals surface area contributed by atoms with Crippen LogP contribution in [0.1, 0.15) is 47.7 Å². The number of hydrogen-bond acceptors (Lipinski definition) is 5. The Kier molecular flexibility index (Phi) is 7.37. The highest BCUT2D eigenvalue weighted by Crippen LogP contribution is 2.26. The fourth-order valence-electron chi connectivity index (χ4n) is 4.48. The van der Waals surface area contributed by atoms with Crippen LogP contribution >= 0.6 is 11.3 Å². The summed E-state index contributed by atoms with van der Waals surface area (Å²) < 4.78 is 36.1. The van der Waals surface area contributed by atoms with Crippen LogP contribution in [0.3, 0.4) is 0 Å². The molecule has 0 bridgehead atoms. The predicted molar refractivity (Wildman–Crippen MR) is 135 cm³/mol. The molecule has 0 aliphatic carbocycles. The molecule has 2 aromatic carbocycles. The SMILES string of the molecule is COCCn1c(=NC(=O)c2ccc(S(=O)(=O)N3CCCCC3C)cc2)sc2c(C)cc(C)cc21. The van der Waals surface area contributed by atoms with Crippen molar-refractivity contribution < 1.29 is 17.9 Å². The molecule has 1 unspecified atom stereocenters. The zero-order valence-electron chi connectivity index (χ0n) is 20.1. The number of carbonyl (C=O) groups is 1. The number of fused-ring (bicyclic) bond motifs is 1. The molecule has 182 valence electrons. The molecule has 9 heteroatoms.